The second kappa shape index (κ2) is 3.83. The van der Waals surface area contributed by atoms with Crippen molar-refractivity contribution in [1.29, 1.82) is 0 Å². The van der Waals surface area contributed by atoms with E-state index in [0.29, 0.717) is 0 Å². The average Bonchev–Trinajstić information content (AvgIpc) is 2.37. The minimum atomic E-state index is 1.09. The maximum absolute atomic E-state index is 2.23. The SMILES string of the molecule is C[C](C)Cc1ccc2cccccc1-2. The van der Waals surface area contributed by atoms with E-state index in [4.69, 9.17) is 0 Å². The Bertz CT molecular complexity index is 387. The minimum absolute atomic E-state index is 1.09. The molecule has 0 N–H and O–H groups in total. The van der Waals surface area contributed by atoms with Crippen molar-refractivity contribution in [3.63, 3.8) is 0 Å². The first-order valence-corrected chi connectivity index (χ1v) is 5.03. The molecule has 2 aliphatic carbocycles. The van der Waals surface area contributed by atoms with Crippen LogP contribution >= 0.6 is 0 Å². The fraction of sp³-hybridized carbons (Fsp3) is 0.214. The molecule has 0 amide bonds. The quantitative estimate of drug-likeness (QED) is 0.661. The molecule has 0 aromatic rings. The molecule has 0 spiro atoms. The molecular weight excluding hydrogens is 168 g/mol. The van der Waals surface area contributed by atoms with Gasteiger partial charge in [-0.3, -0.25) is 0 Å². The summed E-state index contributed by atoms with van der Waals surface area (Å²) in [6.45, 7) is 4.36. The zero-order chi connectivity index (χ0) is 9.97. The third kappa shape index (κ3) is 1.79. The molecule has 0 aromatic heterocycles. The van der Waals surface area contributed by atoms with E-state index in [1.807, 2.05) is 0 Å². The lowest BCUT2D eigenvalue weighted by molar-refractivity contribution is 0.962. The summed E-state index contributed by atoms with van der Waals surface area (Å²) >= 11 is 0. The lowest BCUT2D eigenvalue weighted by atomic mass is 10.0. The van der Waals surface area contributed by atoms with E-state index in [0.717, 1.165) is 6.42 Å². The fourth-order valence-corrected chi connectivity index (χ4v) is 1.81. The molecule has 0 aromatic carbocycles. The Morgan fingerprint density at radius 3 is 2.50 bits per heavy atom. The van der Waals surface area contributed by atoms with E-state index in [1.54, 1.807) is 0 Å². The van der Waals surface area contributed by atoms with Crippen molar-refractivity contribution in [1.82, 2.24) is 0 Å². The normalized spacial score (nSPS) is 11.1. The van der Waals surface area contributed by atoms with Gasteiger partial charge in [-0.1, -0.05) is 56.3 Å². The van der Waals surface area contributed by atoms with Crippen molar-refractivity contribution in [2.24, 2.45) is 0 Å². The summed E-state index contributed by atoms with van der Waals surface area (Å²) < 4.78 is 0. The fourth-order valence-electron chi connectivity index (χ4n) is 1.81. The highest BCUT2D eigenvalue weighted by Gasteiger charge is 2.08. The molecule has 0 aliphatic heterocycles. The van der Waals surface area contributed by atoms with Crippen LogP contribution in [-0.4, -0.2) is 0 Å². The molecule has 2 rings (SSSR count). The molecule has 14 heavy (non-hydrogen) atoms. The largest absolute Gasteiger partial charge is 0.0622 e. The van der Waals surface area contributed by atoms with Crippen molar-refractivity contribution in [3.8, 4) is 11.1 Å². The summed E-state index contributed by atoms with van der Waals surface area (Å²) in [5, 5.41) is 0. The molecule has 0 heteroatoms. The molecule has 0 unspecified atom stereocenters. The molecular formula is C14H15. The predicted molar refractivity (Wildman–Crippen MR) is 61.4 cm³/mol. The van der Waals surface area contributed by atoms with Crippen LogP contribution in [0.2, 0.25) is 0 Å². The summed E-state index contributed by atoms with van der Waals surface area (Å²) in [5.41, 5.74) is 4.17. The van der Waals surface area contributed by atoms with Crippen LogP contribution in [0.3, 0.4) is 0 Å². The van der Waals surface area contributed by atoms with E-state index < -0.39 is 0 Å². The Morgan fingerprint density at radius 2 is 1.71 bits per heavy atom. The van der Waals surface area contributed by atoms with Crippen molar-refractivity contribution in [3.05, 3.63) is 53.9 Å². The zero-order valence-electron chi connectivity index (χ0n) is 8.75. The summed E-state index contributed by atoms with van der Waals surface area (Å²) in [7, 11) is 0. The van der Waals surface area contributed by atoms with Gasteiger partial charge in [-0.2, -0.15) is 0 Å². The Balaban J connectivity index is 2.42. The van der Waals surface area contributed by atoms with Gasteiger partial charge in [-0.25, -0.2) is 0 Å². The standard InChI is InChI=1S/C14H15/c1-11(2)10-13-9-8-12-6-4-3-5-7-14(12)13/h3-9H,10H2,1-2H3. The van der Waals surface area contributed by atoms with E-state index in [2.05, 4.69) is 56.3 Å². The number of fused-ring (bicyclic) bond motifs is 1. The lowest BCUT2D eigenvalue weighted by Crippen LogP contribution is -1.90. The van der Waals surface area contributed by atoms with Crippen LogP contribution in [0, 0.1) is 5.92 Å². The Hall–Kier alpha value is -1.30. The lowest BCUT2D eigenvalue weighted by Gasteiger charge is -2.04. The summed E-state index contributed by atoms with van der Waals surface area (Å²) in [4.78, 5) is 0. The van der Waals surface area contributed by atoms with Crippen LogP contribution < -0.4 is 0 Å². The van der Waals surface area contributed by atoms with Crippen LogP contribution in [-0.2, 0) is 6.42 Å². The molecule has 0 atom stereocenters. The zero-order valence-corrected chi connectivity index (χ0v) is 8.75. The maximum atomic E-state index is 2.23. The van der Waals surface area contributed by atoms with Crippen molar-refractivity contribution in [2.75, 3.05) is 0 Å². The molecule has 0 nitrogen and oxygen atoms in total. The van der Waals surface area contributed by atoms with Gasteiger partial charge in [0.15, 0.2) is 0 Å². The van der Waals surface area contributed by atoms with Gasteiger partial charge >= 0.3 is 0 Å². The molecule has 0 saturated heterocycles. The van der Waals surface area contributed by atoms with Gasteiger partial charge in [0, 0.05) is 0 Å². The van der Waals surface area contributed by atoms with E-state index >= 15 is 0 Å². The monoisotopic (exact) mass is 183 g/mol. The topological polar surface area (TPSA) is 0 Å². The van der Waals surface area contributed by atoms with Crippen LogP contribution in [0.4, 0.5) is 0 Å². The van der Waals surface area contributed by atoms with E-state index in [1.165, 1.54) is 22.6 Å². The van der Waals surface area contributed by atoms with Gasteiger partial charge in [0.25, 0.3) is 0 Å². The molecule has 1 radical (unpaired) electrons. The first-order chi connectivity index (χ1) is 6.77. The third-order valence-corrected chi connectivity index (χ3v) is 2.43. The Labute approximate surface area is 85.9 Å². The van der Waals surface area contributed by atoms with Crippen LogP contribution in [0.5, 0.6) is 0 Å². The first-order valence-electron chi connectivity index (χ1n) is 5.03. The smallest absolute Gasteiger partial charge is 0.0152 e. The van der Waals surface area contributed by atoms with Crippen molar-refractivity contribution in [2.45, 2.75) is 20.3 Å². The third-order valence-electron chi connectivity index (χ3n) is 2.43. The molecule has 0 heterocycles. The average molecular weight is 183 g/mol. The van der Waals surface area contributed by atoms with E-state index in [9.17, 15) is 0 Å². The highest BCUT2D eigenvalue weighted by atomic mass is 14.1. The number of rotatable bonds is 2. The summed E-state index contributed by atoms with van der Waals surface area (Å²) in [6, 6.07) is 15.1. The van der Waals surface area contributed by atoms with Gasteiger partial charge in [0.1, 0.15) is 0 Å². The maximum Gasteiger partial charge on any atom is -0.0152 e. The highest BCUT2D eigenvalue weighted by molar-refractivity contribution is 5.70. The van der Waals surface area contributed by atoms with Crippen LogP contribution in [0.15, 0.2) is 42.5 Å². The number of hydrogen-bond donors (Lipinski definition) is 0. The highest BCUT2D eigenvalue weighted by Crippen LogP contribution is 2.28. The summed E-state index contributed by atoms with van der Waals surface area (Å²) in [5.74, 6) is 1.46. The van der Waals surface area contributed by atoms with Crippen LogP contribution in [0.1, 0.15) is 19.4 Å². The molecule has 0 bridgehead atoms. The predicted octanol–water partition coefficient (Wildman–Crippen LogP) is 3.95. The Kier molecular flexibility index (Phi) is 2.53. The second-order valence-electron chi connectivity index (χ2n) is 4.02. The van der Waals surface area contributed by atoms with Crippen molar-refractivity contribution >= 4 is 0 Å². The van der Waals surface area contributed by atoms with Gasteiger partial charge in [0.05, 0.1) is 0 Å². The summed E-state index contributed by atoms with van der Waals surface area (Å²) in [6.07, 6.45) is 1.09. The molecule has 0 fully saturated rings. The van der Waals surface area contributed by atoms with Gasteiger partial charge < -0.3 is 0 Å². The van der Waals surface area contributed by atoms with Gasteiger partial charge in [-0.05, 0) is 29.0 Å². The van der Waals surface area contributed by atoms with Gasteiger partial charge in [0.2, 0.25) is 0 Å². The first kappa shape index (κ1) is 9.26. The Morgan fingerprint density at radius 1 is 0.929 bits per heavy atom. The molecule has 71 valence electrons. The second-order valence-corrected chi connectivity index (χ2v) is 4.02. The van der Waals surface area contributed by atoms with Gasteiger partial charge in [-0.15, -0.1) is 0 Å². The molecule has 0 saturated carbocycles. The molecule has 2 aliphatic rings. The minimum Gasteiger partial charge on any atom is -0.0622 e. The van der Waals surface area contributed by atoms with E-state index in [-0.39, 0.29) is 0 Å². The number of hydrogen-bond acceptors (Lipinski definition) is 0. The van der Waals surface area contributed by atoms with Crippen molar-refractivity contribution < 1.29 is 0 Å². The van der Waals surface area contributed by atoms with Crippen LogP contribution in [0.25, 0.3) is 11.1 Å².